The van der Waals surface area contributed by atoms with E-state index in [4.69, 9.17) is 4.18 Å². The molecule has 19 heavy (non-hydrogen) atoms. The molecular formula is C10H8N2O6S. The Hall–Kier alpha value is -2.42. The molecule has 0 amide bonds. The summed E-state index contributed by atoms with van der Waals surface area (Å²) in [5, 5.41) is 13.9. The van der Waals surface area contributed by atoms with Gasteiger partial charge in [0, 0.05) is 18.2 Å². The quantitative estimate of drug-likeness (QED) is 0.464. The van der Waals surface area contributed by atoms with E-state index in [0.717, 1.165) is 12.1 Å². The predicted molar refractivity (Wildman–Crippen MR) is 62.9 cm³/mol. The first-order chi connectivity index (χ1) is 8.96. The number of hydrogen-bond donors (Lipinski definition) is 0. The van der Waals surface area contributed by atoms with Crippen molar-refractivity contribution in [1.29, 1.82) is 0 Å². The van der Waals surface area contributed by atoms with Gasteiger partial charge in [-0.2, -0.15) is 8.42 Å². The molecule has 8 nitrogen and oxygen atoms in total. The Morgan fingerprint density at radius 3 is 2.47 bits per heavy atom. The summed E-state index contributed by atoms with van der Waals surface area (Å²) in [7, 11) is -3.88. The Bertz CT molecular complexity index is 663. The van der Waals surface area contributed by atoms with Crippen LogP contribution in [0.2, 0.25) is 0 Å². The summed E-state index contributed by atoms with van der Waals surface area (Å²) in [6.45, 7) is 0. The van der Waals surface area contributed by atoms with Crippen molar-refractivity contribution in [1.82, 2.24) is 5.16 Å². The zero-order chi connectivity index (χ0) is 13.9. The van der Waals surface area contributed by atoms with Gasteiger partial charge in [-0.05, 0) is 12.1 Å². The first-order valence-electron chi connectivity index (χ1n) is 5.02. The lowest BCUT2D eigenvalue weighted by Gasteiger charge is -2.04. The van der Waals surface area contributed by atoms with Crippen molar-refractivity contribution in [2.45, 2.75) is 5.75 Å². The van der Waals surface area contributed by atoms with Gasteiger partial charge in [0.25, 0.3) is 5.69 Å². The van der Waals surface area contributed by atoms with Crippen LogP contribution in [0.25, 0.3) is 0 Å². The summed E-state index contributed by atoms with van der Waals surface area (Å²) in [6, 6.07) is 6.12. The fourth-order valence-electron chi connectivity index (χ4n) is 1.29. The Balaban J connectivity index is 2.09. The van der Waals surface area contributed by atoms with E-state index in [-0.39, 0.29) is 17.1 Å². The van der Waals surface area contributed by atoms with Gasteiger partial charge < -0.3 is 8.71 Å². The fraction of sp³-hybridized carbons (Fsp3) is 0.100. The maximum absolute atomic E-state index is 11.6. The van der Waals surface area contributed by atoms with Gasteiger partial charge in [0.15, 0.2) is 0 Å². The zero-order valence-corrected chi connectivity index (χ0v) is 10.2. The maximum Gasteiger partial charge on any atom is 0.315 e. The highest BCUT2D eigenvalue weighted by molar-refractivity contribution is 7.86. The molecule has 0 aliphatic rings. The highest BCUT2D eigenvalue weighted by Crippen LogP contribution is 2.19. The third-order valence-electron chi connectivity index (χ3n) is 2.09. The molecule has 0 spiro atoms. The summed E-state index contributed by atoms with van der Waals surface area (Å²) in [5.74, 6) is -0.449. The van der Waals surface area contributed by atoms with Crippen LogP contribution in [-0.2, 0) is 15.9 Å². The molecule has 2 rings (SSSR count). The van der Waals surface area contributed by atoms with Crippen LogP contribution < -0.4 is 4.18 Å². The molecule has 100 valence electrons. The molecule has 0 fully saturated rings. The number of benzene rings is 1. The molecule has 0 saturated heterocycles. The van der Waals surface area contributed by atoms with Crippen LogP contribution in [0.3, 0.4) is 0 Å². The van der Waals surface area contributed by atoms with Crippen LogP contribution in [0.5, 0.6) is 5.75 Å². The summed E-state index contributed by atoms with van der Waals surface area (Å²) in [4.78, 5) is 9.85. The smallest absolute Gasteiger partial charge is 0.315 e. The van der Waals surface area contributed by atoms with E-state index in [1.807, 2.05) is 0 Å². The number of rotatable bonds is 5. The van der Waals surface area contributed by atoms with Crippen molar-refractivity contribution in [2.24, 2.45) is 0 Å². The SMILES string of the molecule is O=[N+]([O-])c1ccc(OS(=O)(=O)Cc2ccon2)cc1. The number of aromatic nitrogens is 1. The van der Waals surface area contributed by atoms with E-state index < -0.39 is 20.8 Å². The van der Waals surface area contributed by atoms with Gasteiger partial charge in [0.05, 0.1) is 4.92 Å². The molecule has 0 bridgehead atoms. The average Bonchev–Trinajstić information content (AvgIpc) is 2.81. The van der Waals surface area contributed by atoms with Crippen LogP contribution in [-0.4, -0.2) is 18.5 Å². The average molecular weight is 284 g/mol. The van der Waals surface area contributed by atoms with Crippen molar-refractivity contribution < 1.29 is 22.0 Å². The number of non-ortho nitro benzene ring substituents is 1. The van der Waals surface area contributed by atoms with Gasteiger partial charge >= 0.3 is 10.1 Å². The van der Waals surface area contributed by atoms with Crippen LogP contribution in [0.15, 0.2) is 41.1 Å². The van der Waals surface area contributed by atoms with Gasteiger partial charge in [0.2, 0.25) is 0 Å². The van der Waals surface area contributed by atoms with Crippen LogP contribution in [0, 0.1) is 10.1 Å². The molecule has 0 atom stereocenters. The van der Waals surface area contributed by atoms with Crippen molar-refractivity contribution in [2.75, 3.05) is 0 Å². The van der Waals surface area contributed by atoms with Crippen LogP contribution >= 0.6 is 0 Å². The van der Waals surface area contributed by atoms with Gasteiger partial charge in [-0.15, -0.1) is 0 Å². The zero-order valence-electron chi connectivity index (χ0n) is 9.42. The Kier molecular flexibility index (Phi) is 3.47. The van der Waals surface area contributed by atoms with Gasteiger partial charge in [-0.1, -0.05) is 5.16 Å². The molecule has 9 heteroatoms. The molecule has 0 aliphatic carbocycles. The minimum atomic E-state index is -3.88. The van der Waals surface area contributed by atoms with E-state index in [0.29, 0.717) is 0 Å². The second-order valence-corrected chi connectivity index (χ2v) is 5.10. The lowest BCUT2D eigenvalue weighted by molar-refractivity contribution is -0.384. The molecular weight excluding hydrogens is 276 g/mol. The number of hydrogen-bond acceptors (Lipinski definition) is 7. The Morgan fingerprint density at radius 1 is 1.26 bits per heavy atom. The maximum atomic E-state index is 11.6. The minimum Gasteiger partial charge on any atom is -0.382 e. The largest absolute Gasteiger partial charge is 0.382 e. The van der Waals surface area contributed by atoms with E-state index in [1.54, 1.807) is 0 Å². The molecule has 1 aromatic heterocycles. The predicted octanol–water partition coefficient (Wildman–Crippen LogP) is 1.49. The minimum absolute atomic E-state index is 0.00547. The third-order valence-corrected chi connectivity index (χ3v) is 3.18. The number of nitrogens with zero attached hydrogens (tertiary/aromatic N) is 2. The second-order valence-electron chi connectivity index (χ2n) is 3.53. The molecule has 0 N–H and O–H groups in total. The first-order valence-corrected chi connectivity index (χ1v) is 6.60. The molecule has 1 heterocycles. The first kappa shape index (κ1) is 13.0. The summed E-state index contributed by atoms with van der Waals surface area (Å²) in [5.41, 5.74) is 0.0585. The fourth-order valence-corrected chi connectivity index (χ4v) is 2.27. The van der Waals surface area contributed by atoms with E-state index in [1.165, 1.54) is 24.5 Å². The van der Waals surface area contributed by atoms with E-state index in [9.17, 15) is 18.5 Å². The lowest BCUT2D eigenvalue weighted by Crippen LogP contribution is -2.12. The topological polar surface area (TPSA) is 113 Å². The number of nitro benzene ring substituents is 1. The molecule has 0 radical (unpaired) electrons. The summed E-state index contributed by atoms with van der Waals surface area (Å²) in [6.07, 6.45) is 1.25. The Morgan fingerprint density at radius 2 is 1.95 bits per heavy atom. The summed E-state index contributed by atoms with van der Waals surface area (Å²) < 4.78 is 32.6. The highest BCUT2D eigenvalue weighted by atomic mass is 32.2. The highest BCUT2D eigenvalue weighted by Gasteiger charge is 2.16. The van der Waals surface area contributed by atoms with Crippen molar-refractivity contribution in [3.63, 3.8) is 0 Å². The van der Waals surface area contributed by atoms with Crippen LogP contribution in [0.4, 0.5) is 5.69 Å². The van der Waals surface area contributed by atoms with Crippen molar-refractivity contribution in [3.8, 4) is 5.75 Å². The molecule has 1 aromatic carbocycles. The normalized spacial score (nSPS) is 11.2. The molecule has 0 saturated carbocycles. The molecule has 2 aromatic rings. The van der Waals surface area contributed by atoms with Crippen molar-refractivity contribution in [3.05, 3.63) is 52.4 Å². The van der Waals surface area contributed by atoms with Crippen LogP contribution in [0.1, 0.15) is 5.69 Å². The van der Waals surface area contributed by atoms with Crippen molar-refractivity contribution >= 4 is 15.8 Å². The second kappa shape index (κ2) is 5.06. The van der Waals surface area contributed by atoms with Gasteiger partial charge in [-0.3, -0.25) is 10.1 Å². The molecule has 0 unspecified atom stereocenters. The van der Waals surface area contributed by atoms with E-state index in [2.05, 4.69) is 9.68 Å². The van der Waals surface area contributed by atoms with Gasteiger partial charge in [-0.25, -0.2) is 0 Å². The summed E-state index contributed by atoms with van der Waals surface area (Å²) >= 11 is 0. The monoisotopic (exact) mass is 284 g/mol. The molecule has 0 aliphatic heterocycles. The number of nitro groups is 1. The van der Waals surface area contributed by atoms with Gasteiger partial charge in [0.1, 0.15) is 23.5 Å². The van der Waals surface area contributed by atoms with E-state index >= 15 is 0 Å². The Labute approximate surface area is 107 Å². The lowest BCUT2D eigenvalue weighted by atomic mass is 10.3. The third kappa shape index (κ3) is 3.52. The standard InChI is InChI=1S/C10H8N2O6S/c13-12(14)9-1-3-10(4-2-9)18-19(15,16)7-8-5-6-17-11-8/h1-6H,7H2.